The highest BCUT2D eigenvalue weighted by Crippen LogP contribution is 2.38. The van der Waals surface area contributed by atoms with Crippen LogP contribution in [-0.2, 0) is 19.4 Å². The van der Waals surface area contributed by atoms with Crippen LogP contribution in [0.4, 0.5) is 0 Å². The number of aromatic amines is 1. The van der Waals surface area contributed by atoms with Crippen LogP contribution in [0.15, 0.2) is 27.5 Å². The number of nitrogens with zero attached hydrogens (tertiary/aromatic N) is 4. The Labute approximate surface area is 186 Å². The van der Waals surface area contributed by atoms with Crippen LogP contribution in [-0.4, -0.2) is 24.7 Å². The standard InChI is InChI=1S/C21H23N5OS3/c1-4-26-18(14-6-5-9-28-14)24-25-21(26)29-12(3)17-22-19(27)16-13-8-7-11(2)10-15(13)30-20(16)23-17/h5-6,9,11-12H,4,7-8,10H2,1-3H3,(H,22,23,27). The van der Waals surface area contributed by atoms with Crippen LogP contribution in [0.2, 0.25) is 0 Å². The minimum absolute atomic E-state index is 0.00858. The summed E-state index contributed by atoms with van der Waals surface area (Å²) in [4.78, 5) is 24.2. The second-order valence-corrected chi connectivity index (χ2v) is 11.1. The van der Waals surface area contributed by atoms with Gasteiger partial charge < -0.3 is 9.55 Å². The van der Waals surface area contributed by atoms with Gasteiger partial charge >= 0.3 is 0 Å². The minimum atomic E-state index is -0.0363. The third-order valence-electron chi connectivity index (χ3n) is 5.63. The van der Waals surface area contributed by atoms with Gasteiger partial charge in [0.15, 0.2) is 11.0 Å². The molecule has 0 amide bonds. The van der Waals surface area contributed by atoms with Crippen molar-refractivity contribution in [3.05, 3.63) is 44.1 Å². The molecule has 0 aromatic carbocycles. The lowest BCUT2D eigenvalue weighted by Gasteiger charge is -2.17. The van der Waals surface area contributed by atoms with E-state index >= 15 is 0 Å². The van der Waals surface area contributed by atoms with Crippen LogP contribution in [0.3, 0.4) is 0 Å². The average Bonchev–Trinajstić information content (AvgIpc) is 3.45. The van der Waals surface area contributed by atoms with E-state index in [2.05, 4.69) is 46.6 Å². The van der Waals surface area contributed by atoms with Crippen molar-refractivity contribution in [2.45, 2.75) is 57.0 Å². The predicted molar refractivity (Wildman–Crippen MR) is 125 cm³/mol. The number of fused-ring (bicyclic) bond motifs is 3. The first kappa shape index (κ1) is 20.0. The van der Waals surface area contributed by atoms with Crippen molar-refractivity contribution in [3.63, 3.8) is 0 Å². The molecular weight excluding hydrogens is 434 g/mol. The van der Waals surface area contributed by atoms with E-state index in [1.54, 1.807) is 34.4 Å². The molecule has 9 heteroatoms. The van der Waals surface area contributed by atoms with Crippen LogP contribution < -0.4 is 5.56 Å². The highest BCUT2D eigenvalue weighted by molar-refractivity contribution is 7.99. The molecule has 30 heavy (non-hydrogen) atoms. The van der Waals surface area contributed by atoms with E-state index < -0.39 is 0 Å². The SMILES string of the molecule is CCn1c(SC(C)c2nc3sc4c(c3c(=O)[nH]2)CCC(C)C4)nnc1-c1cccs1. The van der Waals surface area contributed by atoms with Gasteiger partial charge in [0.1, 0.15) is 10.7 Å². The number of H-pyrrole nitrogens is 1. The maximum Gasteiger partial charge on any atom is 0.259 e. The Morgan fingerprint density at radius 3 is 3.03 bits per heavy atom. The Kier molecular flexibility index (Phi) is 5.28. The van der Waals surface area contributed by atoms with E-state index in [0.29, 0.717) is 11.7 Å². The van der Waals surface area contributed by atoms with Gasteiger partial charge in [-0.2, -0.15) is 0 Å². The molecular formula is C21H23N5OS3. The Morgan fingerprint density at radius 1 is 1.40 bits per heavy atom. The normalized spacial score (nSPS) is 17.4. The van der Waals surface area contributed by atoms with Gasteiger partial charge in [-0.1, -0.05) is 24.8 Å². The molecule has 0 radical (unpaired) electrons. The maximum atomic E-state index is 12.9. The average molecular weight is 458 g/mol. The zero-order chi connectivity index (χ0) is 20.8. The number of thioether (sulfide) groups is 1. The van der Waals surface area contributed by atoms with Crippen molar-refractivity contribution in [3.8, 4) is 10.7 Å². The van der Waals surface area contributed by atoms with E-state index in [9.17, 15) is 4.79 Å². The lowest BCUT2D eigenvalue weighted by Crippen LogP contribution is -2.15. The largest absolute Gasteiger partial charge is 0.309 e. The minimum Gasteiger partial charge on any atom is -0.309 e. The molecule has 4 aromatic heterocycles. The van der Waals surface area contributed by atoms with Crippen LogP contribution >= 0.6 is 34.4 Å². The van der Waals surface area contributed by atoms with Gasteiger partial charge in [-0.3, -0.25) is 4.79 Å². The van der Waals surface area contributed by atoms with Gasteiger partial charge in [-0.05, 0) is 56.0 Å². The summed E-state index contributed by atoms with van der Waals surface area (Å²) in [7, 11) is 0. The van der Waals surface area contributed by atoms with Gasteiger partial charge in [0, 0.05) is 11.4 Å². The Balaban J connectivity index is 1.47. The molecule has 4 aromatic rings. The number of thiophene rings is 2. The second-order valence-electron chi connectivity index (χ2n) is 7.77. The molecule has 156 valence electrons. The summed E-state index contributed by atoms with van der Waals surface area (Å²) in [5.74, 6) is 2.27. The highest BCUT2D eigenvalue weighted by atomic mass is 32.2. The summed E-state index contributed by atoms with van der Waals surface area (Å²) in [6, 6.07) is 4.08. The van der Waals surface area contributed by atoms with Crippen LogP contribution in [0.25, 0.3) is 20.9 Å². The number of nitrogens with one attached hydrogen (secondary N) is 1. The van der Waals surface area contributed by atoms with Crippen molar-refractivity contribution in [1.82, 2.24) is 24.7 Å². The molecule has 2 atom stereocenters. The van der Waals surface area contributed by atoms with Crippen molar-refractivity contribution in [2.24, 2.45) is 5.92 Å². The van der Waals surface area contributed by atoms with Crippen molar-refractivity contribution in [1.29, 1.82) is 0 Å². The molecule has 0 bridgehead atoms. The first-order valence-corrected chi connectivity index (χ1v) is 12.8. The fraction of sp³-hybridized carbons (Fsp3) is 0.429. The fourth-order valence-electron chi connectivity index (χ4n) is 4.02. The van der Waals surface area contributed by atoms with Gasteiger partial charge in [0.05, 0.1) is 15.5 Å². The number of hydrogen-bond donors (Lipinski definition) is 1. The van der Waals surface area contributed by atoms with Crippen LogP contribution in [0.5, 0.6) is 0 Å². The summed E-state index contributed by atoms with van der Waals surface area (Å²) in [5, 5.41) is 12.5. The molecule has 0 aliphatic heterocycles. The topological polar surface area (TPSA) is 76.5 Å². The maximum absolute atomic E-state index is 12.9. The third-order valence-corrected chi connectivity index (χ3v) is 8.73. The molecule has 0 spiro atoms. The summed E-state index contributed by atoms with van der Waals surface area (Å²) in [6.45, 7) is 7.22. The lowest BCUT2D eigenvalue weighted by molar-refractivity contribution is 0.509. The molecule has 0 saturated heterocycles. The van der Waals surface area contributed by atoms with E-state index in [1.807, 2.05) is 11.4 Å². The molecule has 2 unspecified atom stereocenters. The second kappa shape index (κ2) is 7.94. The number of hydrogen-bond acceptors (Lipinski definition) is 7. The van der Waals surface area contributed by atoms with E-state index in [-0.39, 0.29) is 10.8 Å². The van der Waals surface area contributed by atoms with Gasteiger partial charge in [0.2, 0.25) is 0 Å². The molecule has 0 fully saturated rings. The number of aryl methyl sites for hydroxylation is 1. The van der Waals surface area contributed by atoms with E-state index in [0.717, 1.165) is 51.9 Å². The van der Waals surface area contributed by atoms with Crippen LogP contribution in [0, 0.1) is 5.92 Å². The van der Waals surface area contributed by atoms with Crippen molar-refractivity contribution < 1.29 is 0 Å². The van der Waals surface area contributed by atoms with Crippen molar-refractivity contribution in [2.75, 3.05) is 0 Å². The molecule has 0 saturated carbocycles. The zero-order valence-electron chi connectivity index (χ0n) is 17.1. The van der Waals surface area contributed by atoms with E-state index in [4.69, 9.17) is 4.98 Å². The predicted octanol–water partition coefficient (Wildman–Crippen LogP) is 5.30. The van der Waals surface area contributed by atoms with Gasteiger partial charge in [-0.15, -0.1) is 32.9 Å². The first-order chi connectivity index (χ1) is 14.5. The quantitative estimate of drug-likeness (QED) is 0.411. The molecule has 1 N–H and O–H groups in total. The van der Waals surface area contributed by atoms with Gasteiger partial charge in [0.25, 0.3) is 5.56 Å². The number of aromatic nitrogens is 5. The summed E-state index contributed by atoms with van der Waals surface area (Å²) in [6.07, 6.45) is 3.18. The zero-order valence-corrected chi connectivity index (χ0v) is 19.6. The Morgan fingerprint density at radius 2 is 2.27 bits per heavy atom. The Bertz CT molecular complexity index is 1250. The molecule has 4 heterocycles. The summed E-state index contributed by atoms with van der Waals surface area (Å²) in [5.41, 5.74) is 1.21. The fourth-order valence-corrected chi connectivity index (χ4v) is 7.10. The van der Waals surface area contributed by atoms with Crippen LogP contribution in [0.1, 0.15) is 48.7 Å². The molecule has 1 aliphatic carbocycles. The van der Waals surface area contributed by atoms with Crippen molar-refractivity contribution >= 4 is 44.7 Å². The molecule has 6 nitrogen and oxygen atoms in total. The lowest BCUT2D eigenvalue weighted by atomic mass is 9.89. The summed E-state index contributed by atoms with van der Waals surface area (Å²) < 4.78 is 2.12. The monoisotopic (exact) mass is 457 g/mol. The van der Waals surface area contributed by atoms with E-state index in [1.165, 1.54) is 10.4 Å². The Hall–Kier alpha value is -1.97. The third kappa shape index (κ3) is 3.42. The molecule has 5 rings (SSSR count). The molecule has 1 aliphatic rings. The smallest absolute Gasteiger partial charge is 0.259 e. The highest BCUT2D eigenvalue weighted by Gasteiger charge is 2.24. The first-order valence-electron chi connectivity index (χ1n) is 10.2. The van der Waals surface area contributed by atoms with Gasteiger partial charge in [-0.25, -0.2) is 4.98 Å². The number of rotatable bonds is 5. The summed E-state index contributed by atoms with van der Waals surface area (Å²) >= 11 is 4.94.